The molecule has 0 aromatic carbocycles. The molecule has 1 amide bonds. The quantitative estimate of drug-likeness (QED) is 0.860. The maximum absolute atomic E-state index is 12.1. The Morgan fingerprint density at radius 2 is 2.24 bits per heavy atom. The van der Waals surface area contributed by atoms with Crippen LogP contribution in [0.4, 0.5) is 0 Å². The van der Waals surface area contributed by atoms with E-state index in [2.05, 4.69) is 24.9 Å². The van der Waals surface area contributed by atoms with E-state index in [0.29, 0.717) is 24.6 Å². The summed E-state index contributed by atoms with van der Waals surface area (Å²) in [7, 11) is 0. The van der Waals surface area contributed by atoms with Crippen LogP contribution in [0.2, 0.25) is 0 Å². The normalized spacial score (nSPS) is 10.9. The number of hydrogen-bond acceptors (Lipinski definition) is 6. The highest BCUT2D eigenvalue weighted by atomic mass is 32.1. The molecule has 7 nitrogen and oxygen atoms in total. The Morgan fingerprint density at radius 3 is 2.86 bits per heavy atom. The molecular formula is C13H17N5O2S. The molecular weight excluding hydrogens is 290 g/mol. The van der Waals surface area contributed by atoms with Crippen molar-refractivity contribution in [2.45, 2.75) is 33.7 Å². The smallest absolute Gasteiger partial charge is 0.345 e. The van der Waals surface area contributed by atoms with Gasteiger partial charge in [0.2, 0.25) is 0 Å². The summed E-state index contributed by atoms with van der Waals surface area (Å²) in [6.45, 7) is 6.24. The van der Waals surface area contributed by atoms with Crippen LogP contribution in [-0.2, 0) is 13.0 Å². The monoisotopic (exact) mass is 307 g/mol. The van der Waals surface area contributed by atoms with Crippen LogP contribution in [0.3, 0.4) is 0 Å². The fourth-order valence-corrected chi connectivity index (χ4v) is 2.41. The fourth-order valence-electron chi connectivity index (χ4n) is 1.84. The van der Waals surface area contributed by atoms with Crippen LogP contribution in [0.25, 0.3) is 0 Å². The Bertz CT molecular complexity index is 692. The third-order valence-electron chi connectivity index (χ3n) is 2.82. The number of aryl methyl sites for hydroxylation is 1. The van der Waals surface area contributed by atoms with Crippen molar-refractivity contribution in [3.63, 3.8) is 0 Å². The van der Waals surface area contributed by atoms with Gasteiger partial charge >= 0.3 is 5.69 Å². The van der Waals surface area contributed by atoms with Gasteiger partial charge < -0.3 is 10.3 Å². The number of nitrogens with one attached hydrogen (secondary N) is 2. The lowest BCUT2D eigenvalue weighted by Crippen LogP contribution is -2.27. The highest BCUT2D eigenvalue weighted by Crippen LogP contribution is 2.09. The van der Waals surface area contributed by atoms with Crippen LogP contribution in [-0.4, -0.2) is 25.5 Å². The third kappa shape index (κ3) is 4.19. The summed E-state index contributed by atoms with van der Waals surface area (Å²) < 4.78 is 3.80. The number of amides is 1. The Hall–Kier alpha value is -2.09. The minimum Gasteiger partial charge on any atom is -0.346 e. The number of carbonyl (C=O) groups excluding carboxylic acids is 1. The molecule has 21 heavy (non-hydrogen) atoms. The number of aromatic nitrogens is 4. The number of hydrogen-bond donors (Lipinski definition) is 2. The average molecular weight is 307 g/mol. The zero-order valence-corrected chi connectivity index (χ0v) is 13.0. The van der Waals surface area contributed by atoms with Crippen molar-refractivity contribution in [1.29, 1.82) is 0 Å². The number of rotatable bonds is 5. The van der Waals surface area contributed by atoms with E-state index in [1.807, 2.05) is 20.8 Å². The van der Waals surface area contributed by atoms with Crippen LogP contribution in [0.5, 0.6) is 0 Å². The first-order chi connectivity index (χ1) is 9.95. The Balaban J connectivity index is 2.10. The average Bonchev–Trinajstić information content (AvgIpc) is 2.80. The number of nitrogens with zero attached hydrogens (tertiary/aromatic N) is 3. The number of aromatic amines is 1. The van der Waals surface area contributed by atoms with Crippen molar-refractivity contribution in [3.05, 3.63) is 38.5 Å². The molecule has 2 heterocycles. The van der Waals surface area contributed by atoms with E-state index in [-0.39, 0.29) is 11.6 Å². The predicted octanol–water partition coefficient (Wildman–Crippen LogP) is 1.06. The van der Waals surface area contributed by atoms with E-state index in [1.54, 1.807) is 6.07 Å². The topological polar surface area (TPSA) is 101 Å². The van der Waals surface area contributed by atoms with Crippen molar-refractivity contribution in [2.75, 3.05) is 0 Å². The van der Waals surface area contributed by atoms with Crippen molar-refractivity contribution in [1.82, 2.24) is 24.9 Å². The molecule has 0 spiro atoms. The minimum atomic E-state index is -0.506. The molecule has 0 saturated heterocycles. The van der Waals surface area contributed by atoms with Gasteiger partial charge in [0.15, 0.2) is 0 Å². The van der Waals surface area contributed by atoms with E-state index in [0.717, 1.165) is 10.6 Å². The molecule has 0 radical (unpaired) electrons. The van der Waals surface area contributed by atoms with Crippen LogP contribution >= 0.6 is 11.5 Å². The van der Waals surface area contributed by atoms with Crippen molar-refractivity contribution in [3.8, 4) is 0 Å². The Labute approximate surface area is 126 Å². The largest absolute Gasteiger partial charge is 0.346 e. The van der Waals surface area contributed by atoms with Gasteiger partial charge in [0.05, 0.1) is 17.1 Å². The second-order valence-electron chi connectivity index (χ2n) is 5.16. The van der Waals surface area contributed by atoms with Crippen molar-refractivity contribution >= 4 is 17.4 Å². The maximum Gasteiger partial charge on any atom is 0.345 e. The first kappa shape index (κ1) is 15.3. The van der Waals surface area contributed by atoms with E-state index in [4.69, 9.17) is 0 Å². The maximum atomic E-state index is 12.1. The standard InChI is InChI=1S/C13H17N5O2S/c1-7(2)4-9-5-10(16-13(20)15-9)12(19)14-6-11-8(3)17-18-21-11/h5,7H,4,6H2,1-3H3,(H,14,19)(H,15,16,20). The van der Waals surface area contributed by atoms with Crippen LogP contribution in [0.15, 0.2) is 10.9 Å². The second kappa shape index (κ2) is 6.57. The van der Waals surface area contributed by atoms with E-state index in [1.165, 1.54) is 11.5 Å². The van der Waals surface area contributed by atoms with Gasteiger partial charge in [-0.1, -0.05) is 18.3 Å². The molecule has 2 N–H and O–H groups in total. The summed E-state index contributed by atoms with van der Waals surface area (Å²) in [5, 5.41) is 6.60. The molecule has 0 saturated carbocycles. The van der Waals surface area contributed by atoms with Gasteiger partial charge in [-0.25, -0.2) is 4.79 Å². The molecule has 0 atom stereocenters. The predicted molar refractivity (Wildman–Crippen MR) is 79.2 cm³/mol. The van der Waals surface area contributed by atoms with Crippen LogP contribution < -0.4 is 11.0 Å². The third-order valence-corrected chi connectivity index (χ3v) is 3.64. The fraction of sp³-hybridized carbons (Fsp3) is 0.462. The second-order valence-corrected chi connectivity index (χ2v) is 6.00. The molecule has 2 aromatic rings. The van der Waals surface area contributed by atoms with E-state index in [9.17, 15) is 9.59 Å². The van der Waals surface area contributed by atoms with Gasteiger partial charge in [-0.3, -0.25) is 4.79 Å². The van der Waals surface area contributed by atoms with Gasteiger partial charge in [0.1, 0.15) is 5.69 Å². The Morgan fingerprint density at radius 1 is 1.48 bits per heavy atom. The van der Waals surface area contributed by atoms with Crippen LogP contribution in [0, 0.1) is 12.8 Å². The van der Waals surface area contributed by atoms with Gasteiger partial charge in [-0.15, -0.1) is 5.10 Å². The summed E-state index contributed by atoms with van der Waals surface area (Å²) in [6.07, 6.45) is 0.690. The van der Waals surface area contributed by atoms with Gasteiger partial charge in [-0.05, 0) is 36.9 Å². The molecule has 0 aliphatic carbocycles. The Kier molecular flexibility index (Phi) is 4.79. The number of H-pyrrole nitrogens is 1. The highest BCUT2D eigenvalue weighted by molar-refractivity contribution is 7.05. The zero-order valence-electron chi connectivity index (χ0n) is 12.1. The van der Waals surface area contributed by atoms with E-state index >= 15 is 0 Å². The van der Waals surface area contributed by atoms with E-state index < -0.39 is 5.69 Å². The molecule has 112 valence electrons. The molecule has 0 aliphatic heterocycles. The first-order valence-corrected chi connectivity index (χ1v) is 7.39. The molecule has 0 aliphatic rings. The number of carbonyl (C=O) groups is 1. The molecule has 0 bridgehead atoms. The SMILES string of the molecule is Cc1nnsc1CNC(=O)c1cc(CC(C)C)[nH]c(=O)n1. The first-order valence-electron chi connectivity index (χ1n) is 6.62. The summed E-state index contributed by atoms with van der Waals surface area (Å²) in [6, 6.07) is 1.62. The van der Waals surface area contributed by atoms with Crippen LogP contribution in [0.1, 0.15) is 40.6 Å². The molecule has 8 heteroatoms. The molecule has 2 aromatic heterocycles. The lowest BCUT2D eigenvalue weighted by Gasteiger charge is -2.07. The lowest BCUT2D eigenvalue weighted by molar-refractivity contribution is 0.0945. The minimum absolute atomic E-state index is 0.129. The summed E-state index contributed by atoms with van der Waals surface area (Å²) >= 11 is 1.24. The highest BCUT2D eigenvalue weighted by Gasteiger charge is 2.12. The van der Waals surface area contributed by atoms with Crippen molar-refractivity contribution < 1.29 is 4.79 Å². The molecule has 0 unspecified atom stereocenters. The van der Waals surface area contributed by atoms with Crippen molar-refractivity contribution in [2.24, 2.45) is 5.92 Å². The summed E-state index contributed by atoms with van der Waals surface area (Å²) in [5.41, 5.74) is 1.13. The van der Waals surface area contributed by atoms with Gasteiger partial charge in [0, 0.05) is 5.69 Å². The van der Waals surface area contributed by atoms with Gasteiger partial charge in [0.25, 0.3) is 5.91 Å². The van der Waals surface area contributed by atoms with Gasteiger partial charge in [-0.2, -0.15) is 4.98 Å². The summed E-state index contributed by atoms with van der Waals surface area (Å²) in [5.74, 6) is 0.00350. The molecule has 2 rings (SSSR count). The molecule has 0 fully saturated rings. The lowest BCUT2D eigenvalue weighted by atomic mass is 10.1. The zero-order chi connectivity index (χ0) is 15.4. The summed E-state index contributed by atoms with van der Waals surface area (Å²) in [4.78, 5) is 30.8.